The van der Waals surface area contributed by atoms with Crippen LogP contribution >= 0.6 is 0 Å². The SMILES string of the molecule is COc1ccc(COCCCCCc2nc(-c3ccccc3)c(-c3ccccc3)[nH]2)cc1. The Hall–Kier alpha value is -3.37. The van der Waals surface area contributed by atoms with E-state index < -0.39 is 0 Å². The van der Waals surface area contributed by atoms with E-state index in [4.69, 9.17) is 14.5 Å². The van der Waals surface area contributed by atoms with Crippen molar-refractivity contribution in [2.45, 2.75) is 32.3 Å². The monoisotopic (exact) mass is 426 g/mol. The molecule has 32 heavy (non-hydrogen) atoms. The lowest BCUT2D eigenvalue weighted by Crippen LogP contribution is -1.97. The Morgan fingerprint density at radius 3 is 2.12 bits per heavy atom. The van der Waals surface area contributed by atoms with Crippen molar-refractivity contribution in [1.29, 1.82) is 0 Å². The highest BCUT2D eigenvalue weighted by molar-refractivity contribution is 5.78. The lowest BCUT2D eigenvalue weighted by atomic mass is 10.1. The maximum Gasteiger partial charge on any atom is 0.118 e. The van der Waals surface area contributed by atoms with Crippen molar-refractivity contribution in [3.63, 3.8) is 0 Å². The molecule has 0 aliphatic heterocycles. The number of aromatic amines is 1. The van der Waals surface area contributed by atoms with Crippen molar-refractivity contribution >= 4 is 0 Å². The molecule has 0 aliphatic rings. The van der Waals surface area contributed by atoms with Gasteiger partial charge < -0.3 is 14.5 Å². The van der Waals surface area contributed by atoms with Crippen molar-refractivity contribution in [2.75, 3.05) is 13.7 Å². The molecule has 0 unspecified atom stereocenters. The van der Waals surface area contributed by atoms with Crippen LogP contribution in [-0.4, -0.2) is 23.7 Å². The number of nitrogens with one attached hydrogen (secondary N) is 1. The number of hydrogen-bond donors (Lipinski definition) is 1. The number of methoxy groups -OCH3 is 1. The third-order valence-electron chi connectivity index (χ3n) is 5.49. The number of H-pyrrole nitrogens is 1. The molecule has 0 radical (unpaired) electrons. The summed E-state index contributed by atoms with van der Waals surface area (Å²) < 4.78 is 11.0. The standard InChI is InChI=1S/C28H30N2O2/c1-31-25-18-16-22(17-19-25)21-32-20-10-4-9-15-26-29-27(23-11-5-2-6-12-23)28(30-26)24-13-7-3-8-14-24/h2-3,5-8,11-14,16-19H,4,9-10,15,20-21H2,1H3,(H,29,30). The summed E-state index contributed by atoms with van der Waals surface area (Å²) in [7, 11) is 1.68. The topological polar surface area (TPSA) is 47.1 Å². The molecule has 4 nitrogen and oxygen atoms in total. The lowest BCUT2D eigenvalue weighted by Gasteiger charge is -2.05. The van der Waals surface area contributed by atoms with Gasteiger partial charge in [0.15, 0.2) is 0 Å². The second-order valence-electron chi connectivity index (χ2n) is 7.85. The molecule has 164 valence electrons. The number of nitrogens with zero attached hydrogens (tertiary/aromatic N) is 1. The smallest absolute Gasteiger partial charge is 0.118 e. The summed E-state index contributed by atoms with van der Waals surface area (Å²) in [5.41, 5.74) is 5.59. The Kier molecular flexibility index (Phi) is 7.72. The lowest BCUT2D eigenvalue weighted by molar-refractivity contribution is 0.117. The minimum atomic E-state index is 0.642. The molecule has 1 N–H and O–H groups in total. The number of rotatable bonds is 11. The molecular formula is C28H30N2O2. The molecule has 0 atom stereocenters. The van der Waals surface area contributed by atoms with E-state index in [0.717, 1.165) is 66.4 Å². The number of benzene rings is 3. The summed E-state index contributed by atoms with van der Waals surface area (Å²) in [6, 6.07) is 28.9. The minimum Gasteiger partial charge on any atom is -0.497 e. The second kappa shape index (κ2) is 11.3. The van der Waals surface area contributed by atoms with Crippen molar-refractivity contribution in [3.8, 4) is 28.3 Å². The van der Waals surface area contributed by atoms with Crippen LogP contribution in [0.4, 0.5) is 0 Å². The first-order valence-corrected chi connectivity index (χ1v) is 11.2. The number of unbranched alkanes of at least 4 members (excludes halogenated alkanes) is 2. The van der Waals surface area contributed by atoms with E-state index in [1.165, 1.54) is 5.56 Å². The number of hydrogen-bond acceptors (Lipinski definition) is 3. The van der Waals surface area contributed by atoms with Crippen molar-refractivity contribution in [1.82, 2.24) is 9.97 Å². The Morgan fingerprint density at radius 2 is 1.44 bits per heavy atom. The van der Waals surface area contributed by atoms with Gasteiger partial charge in [-0.2, -0.15) is 0 Å². The van der Waals surface area contributed by atoms with Crippen LogP contribution in [0.2, 0.25) is 0 Å². The molecule has 4 rings (SSSR count). The fourth-order valence-electron chi connectivity index (χ4n) is 3.74. The number of aryl methyl sites for hydroxylation is 1. The van der Waals surface area contributed by atoms with E-state index in [1.54, 1.807) is 7.11 Å². The predicted molar refractivity (Wildman–Crippen MR) is 130 cm³/mol. The number of aromatic nitrogens is 2. The summed E-state index contributed by atoms with van der Waals surface area (Å²) in [5, 5.41) is 0. The maximum atomic E-state index is 5.82. The van der Waals surface area contributed by atoms with Crippen molar-refractivity contribution < 1.29 is 9.47 Å². The molecule has 0 saturated heterocycles. The van der Waals surface area contributed by atoms with Crippen LogP contribution in [0.1, 0.15) is 30.7 Å². The molecule has 1 heterocycles. The maximum absolute atomic E-state index is 5.82. The first-order valence-electron chi connectivity index (χ1n) is 11.2. The molecule has 0 saturated carbocycles. The molecule has 0 amide bonds. The van der Waals surface area contributed by atoms with E-state index in [0.29, 0.717) is 6.61 Å². The van der Waals surface area contributed by atoms with Gasteiger partial charge in [-0.3, -0.25) is 0 Å². The summed E-state index contributed by atoms with van der Waals surface area (Å²) in [4.78, 5) is 8.52. The van der Waals surface area contributed by atoms with Crippen LogP contribution in [0, 0.1) is 0 Å². The van der Waals surface area contributed by atoms with E-state index in [-0.39, 0.29) is 0 Å². The molecule has 3 aromatic carbocycles. The molecule has 0 spiro atoms. The van der Waals surface area contributed by atoms with Gasteiger partial charge in [0, 0.05) is 24.2 Å². The molecule has 1 aromatic heterocycles. The molecule has 4 heteroatoms. The zero-order chi connectivity index (χ0) is 22.0. The highest BCUT2D eigenvalue weighted by Crippen LogP contribution is 2.30. The highest BCUT2D eigenvalue weighted by Gasteiger charge is 2.13. The zero-order valence-electron chi connectivity index (χ0n) is 18.6. The van der Waals surface area contributed by atoms with Gasteiger partial charge in [-0.25, -0.2) is 4.98 Å². The van der Waals surface area contributed by atoms with Crippen LogP contribution in [0.15, 0.2) is 84.9 Å². The van der Waals surface area contributed by atoms with Gasteiger partial charge in [0.05, 0.1) is 25.1 Å². The van der Waals surface area contributed by atoms with Gasteiger partial charge in [-0.1, -0.05) is 79.2 Å². The van der Waals surface area contributed by atoms with Gasteiger partial charge >= 0.3 is 0 Å². The second-order valence-corrected chi connectivity index (χ2v) is 7.85. The molecule has 0 fully saturated rings. The van der Waals surface area contributed by atoms with E-state index >= 15 is 0 Å². The van der Waals surface area contributed by atoms with Gasteiger partial charge in [0.2, 0.25) is 0 Å². The van der Waals surface area contributed by atoms with E-state index in [1.807, 2.05) is 36.4 Å². The Balaban J connectivity index is 1.27. The van der Waals surface area contributed by atoms with Crippen LogP contribution in [0.3, 0.4) is 0 Å². The first-order chi connectivity index (χ1) is 15.8. The van der Waals surface area contributed by atoms with E-state index in [9.17, 15) is 0 Å². The van der Waals surface area contributed by atoms with Crippen LogP contribution < -0.4 is 4.74 Å². The highest BCUT2D eigenvalue weighted by atomic mass is 16.5. The zero-order valence-corrected chi connectivity index (χ0v) is 18.6. The molecular weight excluding hydrogens is 396 g/mol. The molecule has 0 bridgehead atoms. The van der Waals surface area contributed by atoms with E-state index in [2.05, 4.69) is 53.5 Å². The largest absolute Gasteiger partial charge is 0.497 e. The Bertz CT molecular complexity index is 1020. The fraction of sp³-hybridized carbons (Fsp3) is 0.250. The summed E-state index contributed by atoms with van der Waals surface area (Å²) in [6.07, 6.45) is 4.19. The van der Waals surface area contributed by atoms with Crippen molar-refractivity contribution in [2.24, 2.45) is 0 Å². The molecule has 0 aliphatic carbocycles. The Morgan fingerprint density at radius 1 is 0.750 bits per heavy atom. The van der Waals surface area contributed by atoms with Crippen LogP contribution in [-0.2, 0) is 17.8 Å². The number of imidazole rings is 1. The van der Waals surface area contributed by atoms with Gasteiger partial charge in [-0.15, -0.1) is 0 Å². The fourth-order valence-corrected chi connectivity index (χ4v) is 3.74. The summed E-state index contributed by atoms with van der Waals surface area (Å²) >= 11 is 0. The van der Waals surface area contributed by atoms with Gasteiger partial charge in [-0.05, 0) is 30.5 Å². The third kappa shape index (κ3) is 5.86. The minimum absolute atomic E-state index is 0.642. The summed E-state index contributed by atoms with van der Waals surface area (Å²) in [5.74, 6) is 1.92. The average Bonchev–Trinajstić information content (AvgIpc) is 3.29. The average molecular weight is 427 g/mol. The molecule has 4 aromatic rings. The van der Waals surface area contributed by atoms with Gasteiger partial charge in [0.25, 0.3) is 0 Å². The quantitative estimate of drug-likeness (QED) is 0.272. The summed E-state index contributed by atoms with van der Waals surface area (Å²) in [6.45, 7) is 1.41. The van der Waals surface area contributed by atoms with Crippen LogP contribution in [0.5, 0.6) is 5.75 Å². The van der Waals surface area contributed by atoms with Crippen molar-refractivity contribution in [3.05, 3.63) is 96.3 Å². The predicted octanol–water partition coefficient (Wildman–Crippen LogP) is 6.68. The van der Waals surface area contributed by atoms with Crippen LogP contribution in [0.25, 0.3) is 22.5 Å². The Labute approximate surface area is 190 Å². The van der Waals surface area contributed by atoms with Gasteiger partial charge in [0.1, 0.15) is 11.6 Å². The normalized spacial score (nSPS) is 10.9. The first kappa shape index (κ1) is 21.8. The third-order valence-corrected chi connectivity index (χ3v) is 5.49. The number of ether oxygens (including phenoxy) is 2.